The Morgan fingerprint density at radius 2 is 2.00 bits per heavy atom. The summed E-state index contributed by atoms with van der Waals surface area (Å²) in [6.45, 7) is 3.19. The molecule has 2 aromatic heterocycles. The van der Waals surface area contributed by atoms with Crippen LogP contribution in [0.1, 0.15) is 24.0 Å². The van der Waals surface area contributed by atoms with E-state index in [1.807, 2.05) is 6.07 Å². The van der Waals surface area contributed by atoms with Crippen LogP contribution >= 0.6 is 24.0 Å². The van der Waals surface area contributed by atoms with E-state index < -0.39 is 0 Å². The van der Waals surface area contributed by atoms with Gasteiger partial charge in [0.1, 0.15) is 10.8 Å². The van der Waals surface area contributed by atoms with Gasteiger partial charge in [0.25, 0.3) is 0 Å². The van der Waals surface area contributed by atoms with E-state index in [9.17, 15) is 0 Å². The second-order valence-electron chi connectivity index (χ2n) is 7.93. The maximum atomic E-state index is 5.66. The molecule has 2 aliphatic rings. The third kappa shape index (κ3) is 5.76. The first kappa shape index (κ1) is 22.0. The van der Waals surface area contributed by atoms with Crippen molar-refractivity contribution < 1.29 is 4.74 Å². The Morgan fingerprint density at radius 3 is 2.82 bits per heavy atom. The molecule has 1 fully saturated rings. The first-order valence-corrected chi connectivity index (χ1v) is 12.3. The summed E-state index contributed by atoms with van der Waals surface area (Å²) < 4.78 is 5.66. The standard InChI is InChI=1S/C23H25N7OS2/c32-22(26-14-18-7-3-12-31-18)29-21-27-19(13-20(28-21)33-23-24-9-4-10-25-23)30-11-8-16-5-1-2-6-17(16)15-30/h1-2,4-6,9-10,13,18H,3,7-8,11-12,14-15H2,(H2,26,27,28,29,32)/t18-/m1/s1. The van der Waals surface area contributed by atoms with Crippen molar-refractivity contribution in [2.45, 2.75) is 42.1 Å². The number of fused-ring (bicyclic) bond motifs is 1. The lowest BCUT2D eigenvalue weighted by Gasteiger charge is -2.30. The molecule has 0 saturated carbocycles. The molecule has 0 spiro atoms. The number of benzene rings is 1. The summed E-state index contributed by atoms with van der Waals surface area (Å²) in [6.07, 6.45) is 6.78. The van der Waals surface area contributed by atoms with Gasteiger partial charge in [-0.3, -0.25) is 0 Å². The third-order valence-electron chi connectivity index (χ3n) is 5.62. The monoisotopic (exact) mass is 479 g/mol. The largest absolute Gasteiger partial charge is 0.376 e. The summed E-state index contributed by atoms with van der Waals surface area (Å²) in [4.78, 5) is 20.3. The fourth-order valence-electron chi connectivity index (χ4n) is 3.96. The van der Waals surface area contributed by atoms with Gasteiger partial charge in [-0.1, -0.05) is 24.3 Å². The molecule has 3 aromatic rings. The normalized spacial score (nSPS) is 17.5. The maximum Gasteiger partial charge on any atom is 0.232 e. The minimum atomic E-state index is 0.201. The number of anilines is 2. The molecule has 1 aromatic carbocycles. The van der Waals surface area contributed by atoms with Gasteiger partial charge in [-0.15, -0.1) is 0 Å². The molecule has 5 rings (SSSR count). The summed E-state index contributed by atoms with van der Waals surface area (Å²) in [5.41, 5.74) is 2.72. The lowest BCUT2D eigenvalue weighted by atomic mass is 10.00. The van der Waals surface area contributed by atoms with Crippen molar-refractivity contribution in [1.29, 1.82) is 0 Å². The molecule has 0 amide bonds. The van der Waals surface area contributed by atoms with Crippen LogP contribution in [-0.2, 0) is 17.7 Å². The quantitative estimate of drug-likeness (QED) is 0.311. The van der Waals surface area contributed by atoms with Crippen LogP contribution in [-0.4, -0.2) is 50.8 Å². The molecule has 33 heavy (non-hydrogen) atoms. The highest BCUT2D eigenvalue weighted by atomic mass is 32.2. The Kier molecular flexibility index (Phi) is 6.94. The molecule has 0 radical (unpaired) electrons. The minimum absolute atomic E-state index is 0.201. The number of thiocarbonyl (C=S) groups is 1. The predicted molar refractivity (Wildman–Crippen MR) is 133 cm³/mol. The second-order valence-corrected chi connectivity index (χ2v) is 9.33. The zero-order valence-corrected chi connectivity index (χ0v) is 19.7. The van der Waals surface area contributed by atoms with Gasteiger partial charge >= 0.3 is 0 Å². The summed E-state index contributed by atoms with van der Waals surface area (Å²) in [6, 6.07) is 12.3. The van der Waals surface area contributed by atoms with Crippen LogP contribution in [0.3, 0.4) is 0 Å². The van der Waals surface area contributed by atoms with Crippen LogP contribution in [0.15, 0.2) is 59.0 Å². The highest BCUT2D eigenvalue weighted by molar-refractivity contribution is 7.99. The number of aromatic nitrogens is 4. The molecule has 1 saturated heterocycles. The average molecular weight is 480 g/mol. The van der Waals surface area contributed by atoms with Crippen LogP contribution in [0.2, 0.25) is 0 Å². The van der Waals surface area contributed by atoms with E-state index in [2.05, 4.69) is 54.8 Å². The van der Waals surface area contributed by atoms with Gasteiger partial charge in [0.05, 0.1) is 6.10 Å². The smallest absolute Gasteiger partial charge is 0.232 e. The fourth-order valence-corrected chi connectivity index (χ4v) is 4.85. The van der Waals surface area contributed by atoms with Gasteiger partial charge in [-0.05, 0) is 60.4 Å². The van der Waals surface area contributed by atoms with Gasteiger partial charge in [-0.2, -0.15) is 4.98 Å². The summed E-state index contributed by atoms with van der Waals surface area (Å²) in [5.74, 6) is 1.30. The van der Waals surface area contributed by atoms with E-state index in [0.717, 1.165) is 49.8 Å². The SMILES string of the molecule is S=C(NC[C@H]1CCCO1)Nc1nc(Sc2ncccn2)cc(N2CCc3ccccc3C2)n1. The molecule has 2 aliphatic heterocycles. The zero-order chi connectivity index (χ0) is 22.5. The fraction of sp³-hybridized carbons (Fsp3) is 0.348. The molecule has 10 heteroatoms. The zero-order valence-electron chi connectivity index (χ0n) is 18.1. The van der Waals surface area contributed by atoms with Crippen molar-refractivity contribution >= 4 is 40.9 Å². The molecule has 0 aliphatic carbocycles. The van der Waals surface area contributed by atoms with Crippen molar-refractivity contribution in [2.24, 2.45) is 0 Å². The molecule has 4 heterocycles. The number of hydrogen-bond acceptors (Lipinski definition) is 8. The van der Waals surface area contributed by atoms with Gasteiger partial charge < -0.3 is 20.3 Å². The Hall–Kier alpha value is -2.82. The molecule has 0 unspecified atom stereocenters. The lowest BCUT2D eigenvalue weighted by molar-refractivity contribution is 0.114. The number of nitrogens with one attached hydrogen (secondary N) is 2. The van der Waals surface area contributed by atoms with Gasteiger partial charge in [0.2, 0.25) is 5.95 Å². The Bertz CT molecular complexity index is 1110. The first-order chi connectivity index (χ1) is 16.2. The summed E-state index contributed by atoms with van der Waals surface area (Å²) in [7, 11) is 0. The number of hydrogen-bond donors (Lipinski definition) is 2. The highest BCUT2D eigenvalue weighted by Gasteiger charge is 2.20. The van der Waals surface area contributed by atoms with Crippen molar-refractivity contribution in [1.82, 2.24) is 25.3 Å². The Morgan fingerprint density at radius 1 is 1.15 bits per heavy atom. The van der Waals surface area contributed by atoms with Crippen LogP contribution in [0.4, 0.5) is 11.8 Å². The highest BCUT2D eigenvalue weighted by Crippen LogP contribution is 2.29. The topological polar surface area (TPSA) is 88.1 Å². The van der Waals surface area contributed by atoms with Gasteiger partial charge in [0, 0.05) is 44.7 Å². The molecule has 8 nitrogen and oxygen atoms in total. The van der Waals surface area contributed by atoms with E-state index in [1.54, 1.807) is 18.5 Å². The Balaban J connectivity index is 1.35. The van der Waals surface area contributed by atoms with Crippen molar-refractivity contribution in [2.75, 3.05) is 29.9 Å². The lowest BCUT2D eigenvalue weighted by Crippen LogP contribution is -2.35. The summed E-state index contributed by atoms with van der Waals surface area (Å²) in [5, 5.41) is 8.26. The molecular formula is C23H25N7OS2. The maximum absolute atomic E-state index is 5.66. The van der Waals surface area contributed by atoms with Crippen molar-refractivity contribution in [3.8, 4) is 0 Å². The van der Waals surface area contributed by atoms with E-state index in [1.165, 1.54) is 22.9 Å². The van der Waals surface area contributed by atoms with E-state index in [-0.39, 0.29) is 6.10 Å². The molecule has 2 N–H and O–H groups in total. The molecule has 0 bridgehead atoms. The van der Waals surface area contributed by atoms with E-state index >= 15 is 0 Å². The molecule has 1 atom stereocenters. The average Bonchev–Trinajstić information content (AvgIpc) is 3.37. The number of rotatable bonds is 6. The third-order valence-corrected chi connectivity index (χ3v) is 6.68. The minimum Gasteiger partial charge on any atom is -0.376 e. The van der Waals surface area contributed by atoms with E-state index in [0.29, 0.717) is 22.8 Å². The first-order valence-electron chi connectivity index (χ1n) is 11.0. The van der Waals surface area contributed by atoms with Crippen LogP contribution < -0.4 is 15.5 Å². The van der Waals surface area contributed by atoms with Crippen LogP contribution in [0, 0.1) is 0 Å². The summed E-state index contributed by atoms with van der Waals surface area (Å²) >= 11 is 6.90. The Labute approximate surface area is 202 Å². The second kappa shape index (κ2) is 10.4. The molecular weight excluding hydrogens is 454 g/mol. The molecule has 170 valence electrons. The number of nitrogens with zero attached hydrogens (tertiary/aromatic N) is 5. The van der Waals surface area contributed by atoms with E-state index in [4.69, 9.17) is 21.9 Å². The number of ether oxygens (including phenoxy) is 1. The van der Waals surface area contributed by atoms with Crippen LogP contribution in [0.25, 0.3) is 0 Å². The predicted octanol–water partition coefficient (Wildman–Crippen LogP) is 3.45. The van der Waals surface area contributed by atoms with Gasteiger partial charge in [0.15, 0.2) is 10.3 Å². The van der Waals surface area contributed by atoms with Gasteiger partial charge in [-0.25, -0.2) is 15.0 Å². The van der Waals surface area contributed by atoms with Crippen molar-refractivity contribution in [3.63, 3.8) is 0 Å². The van der Waals surface area contributed by atoms with Crippen molar-refractivity contribution in [3.05, 3.63) is 59.9 Å². The van der Waals surface area contributed by atoms with Crippen LogP contribution in [0.5, 0.6) is 0 Å².